The van der Waals surface area contributed by atoms with Gasteiger partial charge in [-0.2, -0.15) is 0 Å². The summed E-state index contributed by atoms with van der Waals surface area (Å²) in [6.07, 6.45) is 3.04. The molecule has 0 saturated heterocycles. The van der Waals surface area contributed by atoms with Crippen molar-refractivity contribution >= 4 is 23.4 Å². The number of benzene rings is 2. The Balaban J connectivity index is 1.41. The third kappa shape index (κ3) is 4.14. The number of amides is 3. The Morgan fingerprint density at radius 2 is 1.86 bits per heavy atom. The van der Waals surface area contributed by atoms with Crippen molar-refractivity contribution in [1.82, 2.24) is 19.8 Å². The van der Waals surface area contributed by atoms with Crippen LogP contribution in [0.4, 0.5) is 10.1 Å². The fraction of sp³-hybridized carbons (Fsp3) is 0.333. The number of nitrogens with zero attached hydrogens (tertiary/aromatic N) is 3. The molecule has 3 amide bonds. The van der Waals surface area contributed by atoms with Gasteiger partial charge < -0.3 is 20.1 Å². The maximum Gasteiger partial charge on any atom is 0.276 e. The van der Waals surface area contributed by atoms with Gasteiger partial charge in [-0.05, 0) is 68.5 Å². The van der Waals surface area contributed by atoms with Crippen molar-refractivity contribution in [3.05, 3.63) is 82.7 Å². The van der Waals surface area contributed by atoms with E-state index in [9.17, 15) is 18.8 Å². The number of carbonyl (C=O) groups is 3. The van der Waals surface area contributed by atoms with Crippen LogP contribution in [0.15, 0.2) is 48.8 Å². The smallest absolute Gasteiger partial charge is 0.276 e. The van der Waals surface area contributed by atoms with E-state index in [1.807, 2.05) is 32.0 Å². The van der Waals surface area contributed by atoms with E-state index in [-0.39, 0.29) is 48.2 Å². The molecule has 2 aliphatic rings. The summed E-state index contributed by atoms with van der Waals surface area (Å²) >= 11 is 0. The average molecular weight is 490 g/mol. The van der Waals surface area contributed by atoms with Crippen LogP contribution >= 0.6 is 0 Å². The molecule has 1 aromatic heterocycles. The molecular formula is C27H28FN5O3. The fourth-order valence-electron chi connectivity index (χ4n) is 4.76. The molecule has 5 rings (SSSR count). The van der Waals surface area contributed by atoms with E-state index in [0.29, 0.717) is 5.69 Å². The minimum atomic E-state index is -1.16. The monoisotopic (exact) mass is 489 g/mol. The fourth-order valence-corrected chi connectivity index (χ4v) is 4.76. The van der Waals surface area contributed by atoms with Crippen LogP contribution in [-0.4, -0.2) is 43.8 Å². The number of imidazole rings is 1. The van der Waals surface area contributed by atoms with E-state index in [2.05, 4.69) is 15.6 Å². The molecule has 2 aromatic carbocycles. The molecule has 1 atom stereocenters. The van der Waals surface area contributed by atoms with E-state index in [1.165, 1.54) is 18.5 Å². The zero-order chi connectivity index (χ0) is 25.6. The van der Waals surface area contributed by atoms with Gasteiger partial charge in [0.15, 0.2) is 5.69 Å². The molecule has 9 heteroatoms. The van der Waals surface area contributed by atoms with Crippen LogP contribution in [0.3, 0.4) is 0 Å². The first-order valence-corrected chi connectivity index (χ1v) is 12.0. The predicted octanol–water partition coefficient (Wildman–Crippen LogP) is 3.58. The van der Waals surface area contributed by atoms with Gasteiger partial charge >= 0.3 is 0 Å². The van der Waals surface area contributed by atoms with Gasteiger partial charge in [0, 0.05) is 18.3 Å². The van der Waals surface area contributed by atoms with E-state index in [0.717, 1.165) is 29.5 Å². The highest BCUT2D eigenvalue weighted by Crippen LogP contribution is 2.39. The molecular weight excluding hydrogens is 461 g/mol. The molecule has 0 radical (unpaired) electrons. The molecule has 1 fully saturated rings. The first-order chi connectivity index (χ1) is 17.2. The number of carbonyl (C=O) groups excluding carboxylic acids is 3. The van der Waals surface area contributed by atoms with E-state index in [4.69, 9.17) is 0 Å². The number of hydrogen-bond acceptors (Lipinski definition) is 4. The van der Waals surface area contributed by atoms with Crippen molar-refractivity contribution in [2.24, 2.45) is 0 Å². The minimum absolute atomic E-state index is 0.0420. The Morgan fingerprint density at radius 1 is 1.14 bits per heavy atom. The second kappa shape index (κ2) is 8.89. The first kappa shape index (κ1) is 23.7. The Morgan fingerprint density at radius 3 is 2.56 bits per heavy atom. The largest absolute Gasteiger partial charge is 0.350 e. The maximum absolute atomic E-state index is 13.8. The van der Waals surface area contributed by atoms with Gasteiger partial charge in [0.05, 0.1) is 12.9 Å². The van der Waals surface area contributed by atoms with Gasteiger partial charge in [-0.3, -0.25) is 14.4 Å². The highest BCUT2D eigenvalue weighted by Gasteiger charge is 2.53. The first-order valence-electron chi connectivity index (χ1n) is 12.0. The molecule has 186 valence electrons. The van der Waals surface area contributed by atoms with Crippen molar-refractivity contribution in [3.63, 3.8) is 0 Å². The van der Waals surface area contributed by atoms with E-state index >= 15 is 0 Å². The number of halogens is 1. The molecule has 3 aromatic rings. The summed E-state index contributed by atoms with van der Waals surface area (Å²) in [7, 11) is 0. The Kier molecular flexibility index (Phi) is 5.86. The topological polar surface area (TPSA) is 96.3 Å². The summed E-state index contributed by atoms with van der Waals surface area (Å²) in [5.74, 6) is -1.51. The summed E-state index contributed by atoms with van der Waals surface area (Å²) in [6, 6.07) is 11.5. The van der Waals surface area contributed by atoms with Crippen molar-refractivity contribution in [1.29, 1.82) is 0 Å². The lowest BCUT2D eigenvalue weighted by Crippen LogP contribution is -2.64. The molecule has 8 nitrogen and oxygen atoms in total. The zero-order valence-corrected chi connectivity index (χ0v) is 20.5. The van der Waals surface area contributed by atoms with Crippen LogP contribution in [0.1, 0.15) is 57.4 Å². The molecule has 1 saturated carbocycles. The maximum atomic E-state index is 13.8. The van der Waals surface area contributed by atoms with Gasteiger partial charge in [-0.25, -0.2) is 9.37 Å². The molecule has 1 aliphatic carbocycles. The Hall–Kier alpha value is -4.01. The second-order valence-electron chi connectivity index (χ2n) is 9.76. The van der Waals surface area contributed by atoms with Crippen LogP contribution in [0.25, 0.3) is 0 Å². The normalized spacial score (nSPS) is 19.1. The summed E-state index contributed by atoms with van der Waals surface area (Å²) in [5.41, 5.74) is 2.46. The lowest BCUT2D eigenvalue weighted by atomic mass is 9.93. The number of nitrogens with one attached hydrogen (secondary N) is 2. The van der Waals surface area contributed by atoms with Gasteiger partial charge in [0.25, 0.3) is 11.8 Å². The molecule has 2 N–H and O–H groups in total. The van der Waals surface area contributed by atoms with Gasteiger partial charge in [-0.15, -0.1) is 0 Å². The number of hydrogen-bond donors (Lipinski definition) is 2. The summed E-state index contributed by atoms with van der Waals surface area (Å²) in [6.45, 7) is 6.00. The van der Waals surface area contributed by atoms with E-state index < -0.39 is 11.4 Å². The SMILES string of the molecule is Cc1cccc(NC(=O)c2ncn3c2C(=O)N(C2CC2)C(C)(C(=O)NCc2ccc(F)cc2)C3)c1C. The minimum Gasteiger partial charge on any atom is -0.350 e. The van der Waals surface area contributed by atoms with Crippen LogP contribution in [-0.2, 0) is 17.9 Å². The molecule has 1 unspecified atom stereocenters. The third-order valence-corrected chi connectivity index (χ3v) is 7.10. The molecule has 1 aliphatic heterocycles. The van der Waals surface area contributed by atoms with Gasteiger partial charge in [-0.1, -0.05) is 24.3 Å². The summed E-state index contributed by atoms with van der Waals surface area (Å²) in [5, 5.41) is 5.78. The zero-order valence-electron chi connectivity index (χ0n) is 20.5. The molecule has 36 heavy (non-hydrogen) atoms. The van der Waals surface area contributed by atoms with Crippen LogP contribution in [0, 0.1) is 19.7 Å². The lowest BCUT2D eigenvalue weighted by Gasteiger charge is -2.44. The number of fused-ring (bicyclic) bond motifs is 1. The quantitative estimate of drug-likeness (QED) is 0.553. The number of anilines is 1. The van der Waals surface area contributed by atoms with Gasteiger partial charge in [0.1, 0.15) is 17.1 Å². The Labute approximate surface area is 208 Å². The standard InChI is InChI=1S/C27H28FN5O3/c1-16-5-4-6-21(17(16)2)31-24(34)22-23-25(35)33(20-11-12-20)27(3,14-32(23)15-30-22)26(36)29-13-18-7-9-19(28)10-8-18/h4-10,15,20H,11-14H2,1-3H3,(H,29,36)(H,31,34). The van der Waals surface area contributed by atoms with Crippen molar-refractivity contribution in [2.45, 2.75) is 58.3 Å². The predicted molar refractivity (Wildman–Crippen MR) is 132 cm³/mol. The number of aromatic nitrogens is 2. The van der Waals surface area contributed by atoms with Gasteiger partial charge in [0.2, 0.25) is 5.91 Å². The van der Waals surface area contributed by atoms with Crippen LogP contribution in [0.2, 0.25) is 0 Å². The highest BCUT2D eigenvalue weighted by atomic mass is 19.1. The van der Waals surface area contributed by atoms with Crippen molar-refractivity contribution < 1.29 is 18.8 Å². The van der Waals surface area contributed by atoms with Crippen LogP contribution < -0.4 is 10.6 Å². The molecule has 0 spiro atoms. The third-order valence-electron chi connectivity index (χ3n) is 7.10. The van der Waals surface area contributed by atoms with E-state index in [1.54, 1.807) is 28.5 Å². The average Bonchev–Trinajstić information content (AvgIpc) is 3.59. The molecule has 0 bridgehead atoms. The number of aryl methyl sites for hydroxylation is 1. The molecule has 2 heterocycles. The number of rotatable bonds is 6. The summed E-state index contributed by atoms with van der Waals surface area (Å²) < 4.78 is 14.8. The summed E-state index contributed by atoms with van der Waals surface area (Å²) in [4.78, 5) is 46.2. The second-order valence-corrected chi connectivity index (χ2v) is 9.76. The van der Waals surface area contributed by atoms with Crippen molar-refractivity contribution in [2.75, 3.05) is 5.32 Å². The van der Waals surface area contributed by atoms with Crippen molar-refractivity contribution in [3.8, 4) is 0 Å². The Bertz CT molecular complexity index is 1360. The highest BCUT2D eigenvalue weighted by molar-refractivity contribution is 6.12. The lowest BCUT2D eigenvalue weighted by molar-refractivity contribution is -0.133. The van der Waals surface area contributed by atoms with Crippen LogP contribution in [0.5, 0.6) is 0 Å².